The Morgan fingerprint density at radius 2 is 1.90 bits per heavy atom. The number of carbonyl (C=O) groups is 2. The van der Waals surface area contributed by atoms with Crippen LogP contribution in [-0.4, -0.2) is 21.8 Å². The summed E-state index contributed by atoms with van der Waals surface area (Å²) in [7, 11) is 0. The molecule has 0 spiro atoms. The third-order valence-electron chi connectivity index (χ3n) is 4.52. The molecule has 0 bridgehead atoms. The van der Waals surface area contributed by atoms with Crippen molar-refractivity contribution in [3.05, 3.63) is 74.8 Å². The van der Waals surface area contributed by atoms with Gasteiger partial charge in [0.25, 0.3) is 5.89 Å². The number of hydrogen-bond acceptors (Lipinski definition) is 5. The van der Waals surface area contributed by atoms with Crippen molar-refractivity contribution in [2.75, 3.05) is 0 Å². The van der Waals surface area contributed by atoms with Crippen molar-refractivity contribution in [2.45, 2.75) is 12.6 Å². The molecule has 0 saturated carbocycles. The van der Waals surface area contributed by atoms with Gasteiger partial charge in [-0.2, -0.15) is 13.2 Å². The van der Waals surface area contributed by atoms with Gasteiger partial charge in [-0.1, -0.05) is 29.8 Å². The average molecular weight is 466 g/mol. The van der Waals surface area contributed by atoms with Gasteiger partial charge in [0.15, 0.2) is 5.58 Å². The van der Waals surface area contributed by atoms with E-state index in [0.717, 1.165) is 23.5 Å². The minimum atomic E-state index is -4.70. The Morgan fingerprint density at radius 3 is 2.58 bits per heavy atom. The lowest BCUT2D eigenvalue weighted by Gasteiger charge is -2.11. The molecular formula is C21H11ClF3NO4S. The van der Waals surface area contributed by atoms with Crippen LogP contribution in [0.2, 0.25) is 5.02 Å². The van der Waals surface area contributed by atoms with E-state index in [1.54, 1.807) is 24.3 Å². The molecule has 4 rings (SSSR count). The second kappa shape index (κ2) is 7.82. The largest absolute Gasteiger partial charge is 0.478 e. The van der Waals surface area contributed by atoms with Crippen LogP contribution in [0.3, 0.4) is 0 Å². The zero-order valence-electron chi connectivity index (χ0n) is 15.4. The molecule has 2 heterocycles. The highest BCUT2D eigenvalue weighted by Crippen LogP contribution is 2.39. The molecule has 0 fully saturated rings. The van der Waals surface area contributed by atoms with E-state index in [4.69, 9.17) is 16.0 Å². The van der Waals surface area contributed by atoms with Crippen LogP contribution >= 0.6 is 22.9 Å². The topological polar surface area (TPSA) is 80.4 Å². The molecule has 1 N–H and O–H groups in total. The van der Waals surface area contributed by atoms with Crippen LogP contribution < -0.4 is 0 Å². The fraction of sp³-hybridized carbons (Fsp3) is 0.0952. The number of para-hydroxylation sites is 2. The van der Waals surface area contributed by atoms with Gasteiger partial charge in [-0.15, -0.1) is 11.3 Å². The SMILES string of the molecule is O=C(Cc1scc(-c2ccc(Cl)c(C(F)(F)F)c2)c1C(=O)O)c1nc2ccccc2o1. The van der Waals surface area contributed by atoms with Crippen molar-refractivity contribution in [1.29, 1.82) is 0 Å². The molecule has 0 aliphatic heterocycles. The first-order chi connectivity index (χ1) is 14.6. The number of alkyl halides is 3. The van der Waals surface area contributed by atoms with Gasteiger partial charge >= 0.3 is 12.1 Å². The lowest BCUT2D eigenvalue weighted by molar-refractivity contribution is -0.137. The molecular weight excluding hydrogens is 455 g/mol. The highest BCUT2D eigenvalue weighted by molar-refractivity contribution is 7.11. The maximum Gasteiger partial charge on any atom is 0.417 e. The Balaban J connectivity index is 1.71. The maximum absolute atomic E-state index is 13.2. The van der Waals surface area contributed by atoms with Crippen LogP contribution in [0.5, 0.6) is 0 Å². The number of benzene rings is 2. The molecule has 0 radical (unpaired) electrons. The van der Waals surface area contributed by atoms with Gasteiger partial charge in [-0.05, 0) is 35.2 Å². The summed E-state index contributed by atoms with van der Waals surface area (Å²) < 4.78 is 45.0. The molecule has 31 heavy (non-hydrogen) atoms. The van der Waals surface area contributed by atoms with Gasteiger partial charge in [-0.25, -0.2) is 9.78 Å². The molecule has 10 heteroatoms. The molecule has 0 atom stereocenters. The van der Waals surface area contributed by atoms with Gasteiger partial charge in [0.05, 0.1) is 22.6 Å². The van der Waals surface area contributed by atoms with Crippen molar-refractivity contribution in [2.24, 2.45) is 0 Å². The number of fused-ring (bicyclic) bond motifs is 1. The van der Waals surface area contributed by atoms with E-state index in [-0.39, 0.29) is 33.9 Å². The van der Waals surface area contributed by atoms with Crippen LogP contribution in [0, 0.1) is 0 Å². The number of carboxylic acid groups (broad SMARTS) is 1. The van der Waals surface area contributed by atoms with Gasteiger partial charge in [-0.3, -0.25) is 4.79 Å². The standard InChI is InChI=1S/C21H11ClF3NO4S/c22-13-6-5-10(7-12(13)21(23,24)25)11-9-31-17(18(11)20(28)29)8-15(27)19-26-14-3-1-2-4-16(14)30-19/h1-7,9H,8H2,(H,28,29). The molecule has 0 aliphatic carbocycles. The molecule has 0 saturated heterocycles. The van der Waals surface area contributed by atoms with E-state index in [1.807, 2.05) is 0 Å². The monoisotopic (exact) mass is 465 g/mol. The first-order valence-electron chi connectivity index (χ1n) is 8.74. The number of Topliss-reactive ketones (excluding diaryl/α,β-unsaturated/α-hetero) is 1. The first kappa shape index (κ1) is 21.1. The lowest BCUT2D eigenvalue weighted by Crippen LogP contribution is -2.08. The van der Waals surface area contributed by atoms with E-state index >= 15 is 0 Å². The summed E-state index contributed by atoms with van der Waals surface area (Å²) in [5, 5.41) is 10.6. The van der Waals surface area contributed by atoms with Crippen molar-refractivity contribution in [3.63, 3.8) is 0 Å². The highest BCUT2D eigenvalue weighted by atomic mass is 35.5. The van der Waals surface area contributed by atoms with E-state index < -0.39 is 28.5 Å². The quantitative estimate of drug-likeness (QED) is 0.347. The van der Waals surface area contributed by atoms with E-state index in [2.05, 4.69) is 4.98 Å². The zero-order chi connectivity index (χ0) is 22.3. The summed E-state index contributed by atoms with van der Waals surface area (Å²) >= 11 is 6.61. The Kier molecular flexibility index (Phi) is 5.32. The molecule has 2 aromatic carbocycles. The van der Waals surface area contributed by atoms with E-state index in [0.29, 0.717) is 11.1 Å². The minimum Gasteiger partial charge on any atom is -0.478 e. The van der Waals surface area contributed by atoms with E-state index in [1.165, 1.54) is 11.4 Å². The number of aromatic nitrogens is 1. The third kappa shape index (κ3) is 4.06. The van der Waals surface area contributed by atoms with Gasteiger partial charge in [0.2, 0.25) is 5.78 Å². The Bertz CT molecular complexity index is 1290. The van der Waals surface area contributed by atoms with Crippen molar-refractivity contribution in [1.82, 2.24) is 4.98 Å². The van der Waals surface area contributed by atoms with Crippen LogP contribution in [0.4, 0.5) is 13.2 Å². The molecule has 4 aromatic rings. The highest BCUT2D eigenvalue weighted by Gasteiger charge is 2.34. The number of hydrogen-bond donors (Lipinski definition) is 1. The number of oxazole rings is 1. The molecule has 0 unspecified atom stereocenters. The number of rotatable bonds is 5. The summed E-state index contributed by atoms with van der Waals surface area (Å²) in [6, 6.07) is 9.92. The van der Waals surface area contributed by atoms with Crippen LogP contribution in [0.1, 0.15) is 31.5 Å². The third-order valence-corrected chi connectivity index (χ3v) is 5.83. The lowest BCUT2D eigenvalue weighted by atomic mass is 9.99. The number of carbonyl (C=O) groups excluding carboxylic acids is 1. The second-order valence-electron chi connectivity index (χ2n) is 6.53. The fourth-order valence-corrected chi connectivity index (χ4v) is 4.37. The molecule has 0 amide bonds. The van der Waals surface area contributed by atoms with E-state index in [9.17, 15) is 27.9 Å². The number of carboxylic acids is 1. The summed E-state index contributed by atoms with van der Waals surface area (Å²) in [4.78, 5) is 28.8. The smallest absolute Gasteiger partial charge is 0.417 e. The summed E-state index contributed by atoms with van der Waals surface area (Å²) in [6.07, 6.45) is -5.02. The number of aromatic carboxylic acids is 1. The summed E-state index contributed by atoms with van der Waals surface area (Å²) in [5.74, 6) is -2.07. The molecule has 158 valence electrons. The van der Waals surface area contributed by atoms with Crippen molar-refractivity contribution >= 4 is 45.8 Å². The summed E-state index contributed by atoms with van der Waals surface area (Å²) in [6.45, 7) is 0. The first-order valence-corrected chi connectivity index (χ1v) is 10.0. The number of ketones is 1. The summed E-state index contributed by atoms with van der Waals surface area (Å²) in [5.41, 5.74) is -0.316. The van der Waals surface area contributed by atoms with Crippen LogP contribution in [-0.2, 0) is 12.6 Å². The van der Waals surface area contributed by atoms with Gasteiger partial charge < -0.3 is 9.52 Å². The normalized spacial score (nSPS) is 11.7. The van der Waals surface area contributed by atoms with Gasteiger partial charge in [0, 0.05) is 10.4 Å². The average Bonchev–Trinajstić information content (AvgIpc) is 3.31. The Hall–Kier alpha value is -3.17. The number of thiophene rings is 1. The van der Waals surface area contributed by atoms with Crippen molar-refractivity contribution in [3.8, 4) is 11.1 Å². The zero-order valence-corrected chi connectivity index (χ0v) is 16.9. The number of nitrogens with zero attached hydrogens (tertiary/aromatic N) is 1. The maximum atomic E-state index is 13.2. The fourth-order valence-electron chi connectivity index (χ4n) is 3.10. The van der Waals surface area contributed by atoms with Crippen LogP contribution in [0.25, 0.3) is 22.2 Å². The molecule has 2 aromatic heterocycles. The molecule has 5 nitrogen and oxygen atoms in total. The predicted octanol–water partition coefficient (Wildman–Crippen LogP) is 6.35. The predicted molar refractivity (Wildman–Crippen MR) is 109 cm³/mol. The van der Waals surface area contributed by atoms with Crippen LogP contribution in [0.15, 0.2) is 52.3 Å². The Morgan fingerprint density at radius 1 is 1.16 bits per heavy atom. The number of halogens is 4. The minimum absolute atomic E-state index is 0.0333. The van der Waals surface area contributed by atoms with Crippen molar-refractivity contribution < 1.29 is 32.3 Å². The molecule has 0 aliphatic rings. The Labute approximate surface area is 181 Å². The van der Waals surface area contributed by atoms with Gasteiger partial charge in [0.1, 0.15) is 5.52 Å². The second-order valence-corrected chi connectivity index (χ2v) is 7.90.